The van der Waals surface area contributed by atoms with Crippen LogP contribution < -0.4 is 61.9 Å². The van der Waals surface area contributed by atoms with Gasteiger partial charge in [-0.05, 0) is 101 Å². The van der Waals surface area contributed by atoms with Crippen LogP contribution in [0.3, 0.4) is 0 Å². The quantitative estimate of drug-likeness (QED) is 0.00937. The summed E-state index contributed by atoms with van der Waals surface area (Å²) in [5.74, 6) is -10.8. The average Bonchev–Trinajstić information content (AvgIpc) is 1.26. The molecule has 39 nitrogen and oxygen atoms in total. The van der Waals surface area contributed by atoms with Crippen molar-refractivity contribution >= 4 is 128 Å². The van der Waals surface area contributed by atoms with E-state index in [1.165, 1.54) is 25.5 Å². The van der Waals surface area contributed by atoms with Crippen molar-refractivity contribution in [1.82, 2.24) is 60.3 Å². The largest absolute Gasteiger partial charge is 1.00 e. The van der Waals surface area contributed by atoms with E-state index in [2.05, 4.69) is 61.1 Å². The first-order valence-electron chi connectivity index (χ1n) is 40.2. The summed E-state index contributed by atoms with van der Waals surface area (Å²) in [7, 11) is 2.29. The number of amides is 8. The normalized spacial score (nSPS) is 14.0. The van der Waals surface area contributed by atoms with Crippen LogP contribution in [0.5, 0.6) is 0 Å². The number of halogens is 3. The van der Waals surface area contributed by atoms with E-state index in [1.807, 2.05) is 48.5 Å². The summed E-state index contributed by atoms with van der Waals surface area (Å²) in [6.45, 7) is 18.6. The number of rotatable bonds is 46. The fourth-order valence-electron chi connectivity index (χ4n) is 12.0. The Bertz CT molecular complexity index is 5120. The number of nitrogen functional groups attached to an aromatic ring is 1. The molecule has 9 N–H and O–H groups in total. The number of imide groups is 2. The number of nitrogens with one attached hydrogen (secondary N) is 6. The van der Waals surface area contributed by atoms with Crippen molar-refractivity contribution in [3.63, 3.8) is 0 Å². The molecular weight excluding hydrogens is 1660 g/mol. The van der Waals surface area contributed by atoms with E-state index in [1.54, 1.807) is 45.0 Å². The van der Waals surface area contributed by atoms with Crippen LogP contribution in [0.15, 0.2) is 94.8 Å². The summed E-state index contributed by atoms with van der Waals surface area (Å²) >= 11 is 0. The summed E-state index contributed by atoms with van der Waals surface area (Å²) in [5.41, 5.74) is 3.56. The van der Waals surface area contributed by atoms with Gasteiger partial charge in [0.1, 0.15) is 35.2 Å². The van der Waals surface area contributed by atoms with E-state index >= 15 is 0 Å². The number of hydrogen-bond acceptors (Lipinski definition) is 31. The van der Waals surface area contributed by atoms with Gasteiger partial charge in [0.05, 0.1) is 77.5 Å². The molecule has 2 aromatic carbocycles. The second kappa shape index (κ2) is 48.0. The fraction of sp³-hybridized carbons (Fsp3) is 0.500. The van der Waals surface area contributed by atoms with Gasteiger partial charge in [-0.25, -0.2) is 29.5 Å². The number of ketones is 4. The molecule has 682 valence electrons. The number of fused-ring (bicyclic) bond motifs is 2. The minimum atomic E-state index is -5.35. The van der Waals surface area contributed by atoms with E-state index in [0.29, 0.717) is 35.5 Å². The third-order valence-corrected chi connectivity index (χ3v) is 20.3. The maximum absolute atomic E-state index is 13.8. The van der Waals surface area contributed by atoms with Crippen LogP contribution in [0, 0.1) is 16.7 Å². The van der Waals surface area contributed by atoms with Crippen molar-refractivity contribution in [2.75, 3.05) is 75.0 Å². The summed E-state index contributed by atoms with van der Waals surface area (Å²) < 4.78 is 75.6. The van der Waals surface area contributed by atoms with Crippen molar-refractivity contribution in [1.29, 1.82) is 0 Å². The van der Waals surface area contributed by atoms with Crippen LogP contribution in [0.25, 0.3) is 22.3 Å². The Kier molecular flexibility index (Phi) is 39.9. The Balaban J connectivity index is 0.000000450. The Morgan fingerprint density at radius 2 is 0.890 bits per heavy atom. The molecule has 2 unspecified atom stereocenters. The van der Waals surface area contributed by atoms with Crippen molar-refractivity contribution < 1.29 is 133 Å². The molecule has 8 amide bonds. The van der Waals surface area contributed by atoms with E-state index < -0.39 is 123 Å². The molecular formula is C84H106F3LiN16O23. The van der Waals surface area contributed by atoms with Gasteiger partial charge in [0.25, 0.3) is 46.6 Å². The molecule has 8 rings (SSSR count). The monoisotopic (exact) mass is 1770 g/mol. The zero-order chi connectivity index (χ0) is 92.3. The first-order valence-corrected chi connectivity index (χ1v) is 40.2. The molecule has 127 heavy (non-hydrogen) atoms. The maximum atomic E-state index is 13.8. The number of esters is 2. The Morgan fingerprint density at radius 1 is 0.512 bits per heavy atom. The molecule has 6 aromatic rings. The van der Waals surface area contributed by atoms with Crippen LogP contribution in [-0.4, -0.2) is 221 Å². The molecule has 0 bridgehead atoms. The number of nitrogens with zero attached hydrogens (tertiary/aromatic N) is 9. The summed E-state index contributed by atoms with van der Waals surface area (Å²) in [6.07, 6.45) is 3.80. The van der Waals surface area contributed by atoms with Gasteiger partial charge in [-0.1, -0.05) is 55.4 Å². The molecule has 0 saturated carbocycles. The molecule has 0 fully saturated rings. The number of alkyl halides is 3. The number of ether oxygens (including phenoxy) is 6. The van der Waals surface area contributed by atoms with E-state index in [4.69, 9.17) is 34.2 Å². The van der Waals surface area contributed by atoms with Crippen LogP contribution in [0.4, 0.5) is 36.4 Å². The fourth-order valence-corrected chi connectivity index (χ4v) is 12.0. The third kappa shape index (κ3) is 31.5. The molecule has 0 spiro atoms. The van der Waals surface area contributed by atoms with Crippen molar-refractivity contribution in [3.05, 3.63) is 128 Å². The molecule has 43 heteroatoms. The summed E-state index contributed by atoms with van der Waals surface area (Å²) in [6, 6.07) is 8.49. The first kappa shape index (κ1) is 105. The molecule has 4 aromatic heterocycles. The topological polar surface area (TPSA) is 551 Å². The number of benzene rings is 2. The second-order valence-corrected chi connectivity index (χ2v) is 31.8. The van der Waals surface area contributed by atoms with Crippen molar-refractivity contribution in [2.24, 2.45) is 16.7 Å². The van der Waals surface area contributed by atoms with Gasteiger partial charge in [0.15, 0.2) is 33.9 Å². The number of hydrogen-bond donors (Lipinski definition) is 7. The number of aromatic amines is 2. The predicted molar refractivity (Wildman–Crippen MR) is 446 cm³/mol. The van der Waals surface area contributed by atoms with E-state index in [9.17, 15) is 89.9 Å². The zero-order valence-electron chi connectivity index (χ0n) is 73.0. The number of nitrogens with two attached hydrogens (primary N) is 1. The van der Waals surface area contributed by atoms with Crippen molar-refractivity contribution in [2.45, 2.75) is 202 Å². The number of Topliss-reactive ketones (excluding diaryl/α,β-unsaturated/α-hetero) is 4. The zero-order valence-corrected chi connectivity index (χ0v) is 73.0. The van der Waals surface area contributed by atoms with Gasteiger partial charge < -0.3 is 55.6 Å². The van der Waals surface area contributed by atoms with Crippen LogP contribution in [0.1, 0.15) is 191 Å². The number of carbonyl (C=O) groups excluding carboxylic acids is 14. The summed E-state index contributed by atoms with van der Waals surface area (Å²) in [4.78, 5) is 230. The number of methoxy groups -OCH3 is 2. The van der Waals surface area contributed by atoms with Gasteiger partial charge in [0, 0.05) is 128 Å². The van der Waals surface area contributed by atoms with Crippen LogP contribution in [-0.2, 0) is 99.0 Å². The maximum Gasteiger partial charge on any atom is 1.00 e. The van der Waals surface area contributed by atoms with E-state index in [-0.39, 0.29) is 221 Å². The van der Waals surface area contributed by atoms with Crippen LogP contribution in [0.2, 0.25) is 0 Å². The van der Waals surface area contributed by atoms with Gasteiger partial charge in [-0.2, -0.15) is 23.1 Å². The van der Waals surface area contributed by atoms with Gasteiger partial charge in [0.2, 0.25) is 17.8 Å². The van der Waals surface area contributed by atoms with E-state index in [0.717, 1.165) is 59.5 Å². The average molecular weight is 1770 g/mol. The molecule has 6 heterocycles. The number of carbonyl (C=O) groups is 14. The van der Waals surface area contributed by atoms with Gasteiger partial charge in [-0.15, -0.1) is 0 Å². The standard InChI is InChI=1S/C45H55F3N8O12.C39H50N8O10.Li.H2O/c1-26(2)37(61)53-42-52-36-35(39(63)54-42)50-28(24-49-36)25-56(41(65)45(46,47)48)29-14-12-27(13-15-29)38(62)51-32(40(64)66-7)17-16-30(57)10-8-22-67-44(6,43(3,4)5)68-23-9-11-31(58)20-21-55-33(59)18-19-34(55)60;1-38(2,3)39(4,57-21-7-9-28(49)18-19-47-30(50)16-17-31(47)51)56-20-6-8-27(48)14-15-29(36(54)55-5)44-34(52)24-10-12-25(13-11-24)41-22-26-23-42-33-32(43-26)35(53)46-37(40)45-33;;/h12-15,18-19,24,26,32H,8-11,16-17,20-23,25H2,1-7H3,(H,51,62)(H2,49,52,53,54,61,63);10-13,16-17,23,29,41H,6-9,14-15,18-22H2,1-5H3,(H,44,52)(H3,40,42,45,46,53);;1H2/q;;+1;/p-1/t32-,44?;29-,39?;;/m00../s1. The predicted octanol–water partition coefficient (Wildman–Crippen LogP) is 3.86. The first-order chi connectivity index (χ1) is 58.8. The Morgan fingerprint density at radius 3 is 1.28 bits per heavy atom. The van der Waals surface area contributed by atoms with Gasteiger partial charge >= 0.3 is 42.9 Å². The number of aromatic nitrogens is 8. The van der Waals surface area contributed by atoms with Gasteiger partial charge in [-0.3, -0.25) is 97.1 Å². The SMILES string of the molecule is COC(=O)[C@H](CCC(=O)CCCOC(C)(OCCCC(=O)CCN1C(=O)C=CC1=O)C(C)(C)C)NC(=O)c1ccc(N(Cc2cnc3nc(NC(=O)C(C)C)[nH]c(=O)c3n2)C(=O)C(F)(F)F)cc1.COC(=O)[C@H](CCC(=O)CCCOC(C)(OCCCC(=O)CCN1C(=O)C=CC1=O)C(C)(C)C)NC(=O)c1ccc(NCc2cnc3nc(N)[nH]c(=O)c3n2)cc1.[Li+].[OH-]. The Hall–Kier alpha value is -12.1. The van der Waals surface area contributed by atoms with Crippen molar-refractivity contribution in [3.8, 4) is 0 Å². The third-order valence-electron chi connectivity index (χ3n) is 20.3. The number of anilines is 4. The molecule has 0 saturated heterocycles. The van der Waals surface area contributed by atoms with Crippen LogP contribution >= 0.6 is 0 Å². The molecule has 0 aliphatic carbocycles. The molecule has 0 radical (unpaired) electrons. The molecule has 4 atom stereocenters. The minimum absolute atomic E-state index is 0. The molecule has 2 aliphatic rings. The smallest absolute Gasteiger partial charge is 0.870 e. The summed E-state index contributed by atoms with van der Waals surface area (Å²) in [5, 5.41) is 10.7. The Labute approximate surface area is 740 Å². The number of H-pyrrole nitrogens is 2. The molecule has 2 aliphatic heterocycles. The minimum Gasteiger partial charge on any atom is -0.870 e. The second-order valence-electron chi connectivity index (χ2n) is 31.8.